The standard InChI is InChI=1S/C24H31N7O2S/c1-5-33-22(32)21-17(2)25-24(34-21)28-23-26-19(30(4)16-18-9-7-6-8-10-18)15-20(27-23)31-13-11-29(3)12-14-31/h6-10,15H,5,11-14,16H2,1-4H3,(H,25,26,27,28). The van der Waals surface area contributed by atoms with Crippen LogP contribution in [0.4, 0.5) is 22.7 Å². The Morgan fingerprint density at radius 1 is 1.15 bits per heavy atom. The zero-order chi connectivity index (χ0) is 24.1. The molecule has 0 aliphatic carbocycles. The van der Waals surface area contributed by atoms with Crippen LogP contribution in [0, 0.1) is 6.92 Å². The van der Waals surface area contributed by atoms with Gasteiger partial charge in [-0.3, -0.25) is 5.32 Å². The topological polar surface area (TPSA) is 86.7 Å². The fraction of sp³-hybridized carbons (Fsp3) is 0.417. The molecule has 4 rings (SSSR count). The summed E-state index contributed by atoms with van der Waals surface area (Å²) in [5, 5.41) is 3.79. The molecule has 1 aliphatic rings. The molecule has 1 aliphatic heterocycles. The number of rotatable bonds is 8. The third-order valence-corrected chi connectivity index (χ3v) is 6.71. The monoisotopic (exact) mass is 481 g/mol. The van der Waals surface area contributed by atoms with E-state index in [9.17, 15) is 4.79 Å². The van der Waals surface area contributed by atoms with Crippen LogP contribution in [0.2, 0.25) is 0 Å². The number of aromatic nitrogens is 3. The van der Waals surface area contributed by atoms with Crippen LogP contribution in [-0.2, 0) is 11.3 Å². The van der Waals surface area contributed by atoms with Crippen LogP contribution < -0.4 is 15.1 Å². The molecule has 3 heterocycles. The Balaban J connectivity index is 1.62. The van der Waals surface area contributed by atoms with E-state index in [1.54, 1.807) is 13.8 Å². The fourth-order valence-electron chi connectivity index (χ4n) is 3.74. The Labute approximate surface area is 204 Å². The lowest BCUT2D eigenvalue weighted by Gasteiger charge is -2.33. The predicted octanol–water partition coefficient (Wildman–Crippen LogP) is 3.55. The molecule has 3 aromatic rings. The highest BCUT2D eigenvalue weighted by Crippen LogP contribution is 2.28. The number of likely N-dealkylation sites (N-methyl/N-ethyl adjacent to an activating group) is 1. The van der Waals surface area contributed by atoms with Gasteiger partial charge in [0.2, 0.25) is 5.95 Å². The zero-order valence-corrected chi connectivity index (χ0v) is 20.9. The Bertz CT molecular complexity index is 1110. The predicted molar refractivity (Wildman–Crippen MR) is 136 cm³/mol. The highest BCUT2D eigenvalue weighted by Gasteiger charge is 2.20. The van der Waals surface area contributed by atoms with Gasteiger partial charge in [0.05, 0.1) is 12.3 Å². The number of anilines is 4. The number of carbonyl (C=O) groups excluding carboxylic acids is 1. The van der Waals surface area contributed by atoms with Crippen molar-refractivity contribution >= 4 is 40.0 Å². The summed E-state index contributed by atoms with van der Waals surface area (Å²) in [6.07, 6.45) is 0. The highest BCUT2D eigenvalue weighted by molar-refractivity contribution is 7.17. The van der Waals surface area contributed by atoms with Gasteiger partial charge in [0.15, 0.2) is 5.13 Å². The van der Waals surface area contributed by atoms with Crippen molar-refractivity contribution in [2.75, 3.05) is 62.0 Å². The molecule has 9 nitrogen and oxygen atoms in total. The number of aryl methyl sites for hydroxylation is 1. The summed E-state index contributed by atoms with van der Waals surface area (Å²) in [7, 11) is 4.16. The summed E-state index contributed by atoms with van der Waals surface area (Å²) in [4.78, 5) is 33.5. The minimum Gasteiger partial charge on any atom is -0.462 e. The van der Waals surface area contributed by atoms with Crippen LogP contribution in [0.3, 0.4) is 0 Å². The normalized spacial score (nSPS) is 14.2. The molecule has 0 bridgehead atoms. The lowest BCUT2D eigenvalue weighted by Crippen LogP contribution is -2.45. The van der Waals surface area contributed by atoms with Crippen molar-refractivity contribution in [2.45, 2.75) is 20.4 Å². The molecule has 0 unspecified atom stereocenters. The van der Waals surface area contributed by atoms with Crippen LogP contribution in [0.1, 0.15) is 27.9 Å². The number of piperazine rings is 1. The Hall–Kier alpha value is -3.24. The van der Waals surface area contributed by atoms with Gasteiger partial charge in [0.1, 0.15) is 16.5 Å². The summed E-state index contributed by atoms with van der Waals surface area (Å²) >= 11 is 1.25. The molecular weight excluding hydrogens is 450 g/mol. The molecule has 0 atom stereocenters. The van der Waals surface area contributed by atoms with E-state index < -0.39 is 0 Å². The molecule has 34 heavy (non-hydrogen) atoms. The average Bonchev–Trinajstić information content (AvgIpc) is 3.20. The maximum Gasteiger partial charge on any atom is 0.350 e. The molecular formula is C24H31N7O2S. The van der Waals surface area contributed by atoms with Crippen molar-refractivity contribution in [3.8, 4) is 0 Å². The van der Waals surface area contributed by atoms with Crippen molar-refractivity contribution in [3.05, 3.63) is 52.5 Å². The Morgan fingerprint density at radius 3 is 2.59 bits per heavy atom. The molecule has 0 radical (unpaired) electrons. The number of hydrogen-bond donors (Lipinski definition) is 1. The Morgan fingerprint density at radius 2 is 1.88 bits per heavy atom. The van der Waals surface area contributed by atoms with Crippen LogP contribution in [-0.4, -0.2) is 72.7 Å². The van der Waals surface area contributed by atoms with E-state index in [2.05, 4.69) is 44.2 Å². The summed E-state index contributed by atoms with van der Waals surface area (Å²) in [6.45, 7) is 8.41. The first-order valence-electron chi connectivity index (χ1n) is 11.4. The van der Waals surface area contributed by atoms with Crippen molar-refractivity contribution in [1.29, 1.82) is 0 Å². The van der Waals surface area contributed by atoms with Gasteiger partial charge in [-0.15, -0.1) is 0 Å². The molecule has 2 aromatic heterocycles. The van der Waals surface area contributed by atoms with E-state index in [1.165, 1.54) is 16.9 Å². The molecule has 1 N–H and O–H groups in total. The second kappa shape index (κ2) is 10.8. The van der Waals surface area contributed by atoms with Crippen LogP contribution in [0.25, 0.3) is 0 Å². The molecule has 0 spiro atoms. The van der Waals surface area contributed by atoms with Crippen molar-refractivity contribution in [3.63, 3.8) is 0 Å². The van der Waals surface area contributed by atoms with Gasteiger partial charge in [0, 0.05) is 45.8 Å². The van der Waals surface area contributed by atoms with Crippen LogP contribution in [0.5, 0.6) is 0 Å². The zero-order valence-electron chi connectivity index (χ0n) is 20.1. The maximum absolute atomic E-state index is 12.2. The molecule has 0 saturated carbocycles. The summed E-state index contributed by atoms with van der Waals surface area (Å²) < 4.78 is 5.14. The minimum absolute atomic E-state index is 0.326. The van der Waals surface area contributed by atoms with Crippen molar-refractivity contribution < 1.29 is 9.53 Å². The van der Waals surface area contributed by atoms with Gasteiger partial charge < -0.3 is 19.4 Å². The Kier molecular flexibility index (Phi) is 7.59. The van der Waals surface area contributed by atoms with Gasteiger partial charge in [-0.05, 0) is 26.5 Å². The summed E-state index contributed by atoms with van der Waals surface area (Å²) in [5.41, 5.74) is 1.83. The van der Waals surface area contributed by atoms with Gasteiger partial charge in [-0.1, -0.05) is 41.7 Å². The first kappa shape index (κ1) is 23.9. The number of thiazole rings is 1. The lowest BCUT2D eigenvalue weighted by molar-refractivity contribution is 0.0531. The number of hydrogen-bond acceptors (Lipinski definition) is 10. The average molecular weight is 482 g/mol. The number of esters is 1. The quantitative estimate of drug-likeness (QED) is 0.485. The van der Waals surface area contributed by atoms with Crippen molar-refractivity contribution in [1.82, 2.24) is 19.9 Å². The van der Waals surface area contributed by atoms with E-state index in [0.717, 1.165) is 44.4 Å². The number of benzene rings is 1. The number of nitrogens with zero attached hydrogens (tertiary/aromatic N) is 6. The van der Waals surface area contributed by atoms with E-state index in [0.29, 0.717) is 28.3 Å². The first-order chi connectivity index (χ1) is 16.4. The van der Waals surface area contributed by atoms with Gasteiger partial charge >= 0.3 is 5.97 Å². The minimum atomic E-state index is -0.360. The van der Waals surface area contributed by atoms with Crippen LogP contribution in [0.15, 0.2) is 36.4 Å². The van der Waals surface area contributed by atoms with E-state index >= 15 is 0 Å². The number of ether oxygens (including phenoxy) is 1. The van der Waals surface area contributed by atoms with Gasteiger partial charge in [-0.25, -0.2) is 9.78 Å². The number of carbonyl (C=O) groups is 1. The summed E-state index contributed by atoms with van der Waals surface area (Å²) in [6, 6.07) is 12.3. The highest BCUT2D eigenvalue weighted by atomic mass is 32.1. The molecule has 0 amide bonds. The fourth-order valence-corrected chi connectivity index (χ4v) is 4.59. The molecule has 180 valence electrons. The second-order valence-electron chi connectivity index (χ2n) is 8.32. The summed E-state index contributed by atoms with van der Waals surface area (Å²) in [5.74, 6) is 1.78. The van der Waals surface area contributed by atoms with Crippen LogP contribution >= 0.6 is 11.3 Å². The second-order valence-corrected chi connectivity index (χ2v) is 9.32. The SMILES string of the molecule is CCOC(=O)c1sc(Nc2nc(N(C)Cc3ccccc3)cc(N3CCN(C)CC3)n2)nc1C. The largest absolute Gasteiger partial charge is 0.462 e. The van der Waals surface area contributed by atoms with E-state index in [4.69, 9.17) is 14.7 Å². The van der Waals surface area contributed by atoms with E-state index in [1.807, 2.05) is 31.3 Å². The van der Waals surface area contributed by atoms with Crippen molar-refractivity contribution in [2.24, 2.45) is 0 Å². The third kappa shape index (κ3) is 5.81. The molecule has 1 fully saturated rings. The lowest BCUT2D eigenvalue weighted by atomic mass is 10.2. The van der Waals surface area contributed by atoms with Gasteiger partial charge in [0.25, 0.3) is 0 Å². The third-order valence-electron chi connectivity index (χ3n) is 5.66. The maximum atomic E-state index is 12.2. The smallest absolute Gasteiger partial charge is 0.350 e. The molecule has 10 heteroatoms. The molecule has 1 aromatic carbocycles. The van der Waals surface area contributed by atoms with Gasteiger partial charge in [-0.2, -0.15) is 9.97 Å². The van der Waals surface area contributed by atoms with E-state index in [-0.39, 0.29) is 5.97 Å². The molecule has 1 saturated heterocycles. The first-order valence-corrected chi connectivity index (χ1v) is 12.2. The number of nitrogens with one attached hydrogen (secondary N) is 1.